The van der Waals surface area contributed by atoms with Gasteiger partial charge in [0.05, 0.1) is 35.4 Å². The highest BCUT2D eigenvalue weighted by Crippen LogP contribution is 2.64. The number of carbonyl (C=O) groups is 8. The van der Waals surface area contributed by atoms with Crippen LogP contribution in [0, 0.1) is 16.7 Å². The molecule has 4 N–H and O–H groups in total. The van der Waals surface area contributed by atoms with Crippen molar-refractivity contribution in [2.45, 2.75) is 121 Å². The summed E-state index contributed by atoms with van der Waals surface area (Å²) in [6, 6.07) is 22.1. The summed E-state index contributed by atoms with van der Waals surface area (Å²) in [5.74, 6) is -8.15. The van der Waals surface area contributed by atoms with Crippen molar-refractivity contribution in [1.29, 1.82) is 0 Å². The van der Waals surface area contributed by atoms with Gasteiger partial charge in [0.1, 0.15) is 43.2 Å². The number of ether oxygens (including phenoxy) is 8. The zero-order valence-corrected chi connectivity index (χ0v) is 47.7. The van der Waals surface area contributed by atoms with Crippen molar-refractivity contribution in [1.82, 2.24) is 5.32 Å². The summed E-state index contributed by atoms with van der Waals surface area (Å²) in [5.41, 5.74) is -7.89. The molecule has 25 heteroatoms. The lowest BCUT2D eigenvalue weighted by atomic mass is 9.44. The van der Waals surface area contributed by atoms with Crippen molar-refractivity contribution in [2.24, 2.45) is 16.7 Å². The van der Waals surface area contributed by atoms with Crippen LogP contribution in [0.5, 0.6) is 0 Å². The molecular formula is C56H65NO21S3. The summed E-state index contributed by atoms with van der Waals surface area (Å²) in [6.07, 6.45) is -13.0. The lowest BCUT2D eigenvalue weighted by Gasteiger charge is -2.67. The molecule has 438 valence electrons. The van der Waals surface area contributed by atoms with Crippen molar-refractivity contribution < 1.29 is 99.4 Å². The molecule has 4 aliphatic rings. The number of ketones is 1. The van der Waals surface area contributed by atoms with E-state index in [1.807, 2.05) is 0 Å². The first-order chi connectivity index (χ1) is 38.2. The number of rotatable bonds is 22. The maximum Gasteiger partial charge on any atom is 0.509 e. The molecule has 1 saturated heterocycles. The summed E-state index contributed by atoms with van der Waals surface area (Å²) in [4.78, 5) is 112. The first-order valence-corrected chi connectivity index (χ1v) is 30.0. The summed E-state index contributed by atoms with van der Waals surface area (Å²) < 4.78 is 77.8. The predicted molar refractivity (Wildman–Crippen MR) is 289 cm³/mol. The highest BCUT2D eigenvalue weighted by atomic mass is 33.1. The Morgan fingerprint density at radius 2 is 1.41 bits per heavy atom. The summed E-state index contributed by atoms with van der Waals surface area (Å²) >= 11 is 0. The molecule has 0 radical (unpaired) electrons. The van der Waals surface area contributed by atoms with Gasteiger partial charge in [-0.3, -0.25) is 28.5 Å². The molecule has 3 aromatic carbocycles. The summed E-state index contributed by atoms with van der Waals surface area (Å²) in [5, 5.41) is 29.0. The number of aliphatic hydroxyl groups is 2. The molecule has 0 spiro atoms. The molecule has 11 atom stereocenters. The highest BCUT2D eigenvalue weighted by molar-refractivity contribution is 8.76. The third-order valence-electron chi connectivity index (χ3n) is 15.4. The Hall–Kier alpha value is -6.35. The molecule has 2 saturated carbocycles. The number of benzene rings is 3. The van der Waals surface area contributed by atoms with Crippen molar-refractivity contribution in [2.75, 3.05) is 37.1 Å². The summed E-state index contributed by atoms with van der Waals surface area (Å²) in [7, 11) is -1.74. The Balaban J connectivity index is 1.26. The topological polar surface area (TPSA) is 317 Å². The van der Waals surface area contributed by atoms with Crippen LogP contribution < -0.4 is 5.32 Å². The molecular weight excluding hydrogens is 1120 g/mol. The molecule has 81 heavy (non-hydrogen) atoms. The molecule has 3 aliphatic carbocycles. The Kier molecular flexibility index (Phi) is 19.9. The van der Waals surface area contributed by atoms with Crippen molar-refractivity contribution in [3.05, 3.63) is 119 Å². The Morgan fingerprint density at radius 1 is 0.815 bits per heavy atom. The normalized spacial score (nSPS) is 27.1. The molecule has 1 heterocycles. The number of aliphatic hydroxyl groups excluding tert-OH is 1. The Labute approximate surface area is 475 Å². The number of hydrogen-bond donors (Lipinski definition) is 4. The van der Waals surface area contributed by atoms with Crippen molar-refractivity contribution >= 4 is 79.4 Å². The van der Waals surface area contributed by atoms with Gasteiger partial charge in [0, 0.05) is 55.6 Å². The molecule has 1 amide bonds. The maximum atomic E-state index is 15.8. The van der Waals surface area contributed by atoms with Gasteiger partial charge in [-0.1, -0.05) is 102 Å². The third-order valence-corrected chi connectivity index (χ3v) is 18.5. The minimum Gasteiger partial charge on any atom is -0.465 e. The van der Waals surface area contributed by atoms with E-state index in [1.54, 1.807) is 66.7 Å². The molecule has 2 bridgehead atoms. The van der Waals surface area contributed by atoms with Gasteiger partial charge in [0.2, 0.25) is 6.10 Å². The smallest absolute Gasteiger partial charge is 0.465 e. The van der Waals surface area contributed by atoms with Gasteiger partial charge in [0.25, 0.3) is 16.0 Å². The molecule has 3 aromatic rings. The number of fused-ring (bicyclic) bond motifs is 5. The second-order valence-corrected chi connectivity index (χ2v) is 25.1. The fraction of sp³-hybridized carbons (Fsp3) is 0.500. The number of Topliss-reactive ketones (excluding diaryl/α,β-unsaturated/α-hetero) is 1. The van der Waals surface area contributed by atoms with E-state index in [9.17, 15) is 47.4 Å². The zero-order chi connectivity index (χ0) is 59.1. The van der Waals surface area contributed by atoms with Gasteiger partial charge in [0.15, 0.2) is 17.5 Å². The molecule has 7 rings (SSSR count). The number of amides is 1. The molecule has 3 fully saturated rings. The average Bonchev–Trinajstić information content (AvgIpc) is 2.89. The molecule has 22 nitrogen and oxygen atoms in total. The number of hydrogen-bond acceptors (Lipinski definition) is 22. The van der Waals surface area contributed by atoms with E-state index in [-0.39, 0.29) is 72.7 Å². The van der Waals surface area contributed by atoms with Crippen LogP contribution in [0.1, 0.15) is 99.5 Å². The highest BCUT2D eigenvalue weighted by Gasteiger charge is 2.78. The van der Waals surface area contributed by atoms with Crippen LogP contribution >= 0.6 is 21.6 Å². The first kappa shape index (κ1) is 62.3. The van der Waals surface area contributed by atoms with Gasteiger partial charge in [-0.15, -0.1) is 0 Å². The third kappa shape index (κ3) is 13.6. The van der Waals surface area contributed by atoms with Crippen LogP contribution in [0.15, 0.2) is 102 Å². The minimum atomic E-state index is -4.22. The SMILES string of the molecule is CC(=O)O[C@H]1C(=O)[C@@]2(C)[C@H]([C@H](OC(=O)c3ccccc3)[C@]3(O)C[C@H](OC(=O)C(OC(=O)OCCSSCCOC(=O)CCCS(=O)(=O)O)[C@@H](NC(=O)c4ccccc4)c4ccccc4)C(C)=C1C3(C)C)[C@]1(OC(C)=O)CO[C@@H]1C[C@@H]2O. The van der Waals surface area contributed by atoms with E-state index in [1.165, 1.54) is 73.5 Å². The van der Waals surface area contributed by atoms with Gasteiger partial charge >= 0.3 is 36.0 Å². The second kappa shape index (κ2) is 25.8. The largest absolute Gasteiger partial charge is 0.509 e. The minimum absolute atomic E-state index is 0.0129. The van der Waals surface area contributed by atoms with E-state index < -0.39 is 141 Å². The van der Waals surface area contributed by atoms with E-state index >= 15 is 9.59 Å². The fourth-order valence-electron chi connectivity index (χ4n) is 11.4. The lowest BCUT2D eigenvalue weighted by molar-refractivity contribution is -0.346. The lowest BCUT2D eigenvalue weighted by Crippen LogP contribution is -2.82. The number of esters is 5. The predicted octanol–water partition coefficient (Wildman–Crippen LogP) is 5.49. The molecule has 1 unspecified atom stereocenters. The maximum absolute atomic E-state index is 15.8. The van der Waals surface area contributed by atoms with Gasteiger partial charge in [-0.2, -0.15) is 8.42 Å². The van der Waals surface area contributed by atoms with E-state index in [4.69, 9.17) is 42.4 Å². The van der Waals surface area contributed by atoms with Crippen LogP contribution in [0.2, 0.25) is 0 Å². The standard InChI is InChI=1S/C56H65NO21S3/c1-32-38(75-51(65)45(43(35-17-10-7-11-18-35)57-49(63)36-19-12-8-13-20-36)76-52(66)72-25-27-80-79-26-24-71-41(61)23-16-28-81(68,69)70)30-56(67)48(77-50(64)37-21-14-9-15-22-37)46-54(6,39(60)29-40-55(46,31-73-40)78-34(3)59)47(62)44(74-33(2)58)42(32)53(56,4)5/h7-15,17-22,38-40,43-46,48,60,67H,16,23-31H2,1-6H3,(H,57,63)(H,68,69,70)/t38-,39-,40+,43-,44+,45?,46-,48-,54+,55-,56+/m0/s1. The molecule has 1 aliphatic heterocycles. The zero-order valence-electron chi connectivity index (χ0n) is 45.3. The van der Waals surface area contributed by atoms with Crippen molar-refractivity contribution in [3.63, 3.8) is 0 Å². The second-order valence-electron chi connectivity index (χ2n) is 20.8. The van der Waals surface area contributed by atoms with Crippen LogP contribution in [0.4, 0.5) is 4.79 Å². The van der Waals surface area contributed by atoms with Crippen LogP contribution in [-0.2, 0) is 72.0 Å². The quantitative estimate of drug-likeness (QED) is 0.0241. The first-order valence-electron chi connectivity index (χ1n) is 26.0. The van der Waals surface area contributed by atoms with Gasteiger partial charge in [-0.25, -0.2) is 14.4 Å². The van der Waals surface area contributed by atoms with E-state index in [2.05, 4.69) is 5.32 Å². The van der Waals surface area contributed by atoms with Gasteiger partial charge in [-0.05, 0) is 61.2 Å². The average molecular weight is 1180 g/mol. The summed E-state index contributed by atoms with van der Waals surface area (Å²) in [6.45, 7) is 7.37. The van der Waals surface area contributed by atoms with E-state index in [0.717, 1.165) is 13.8 Å². The Bertz CT molecular complexity index is 2980. The van der Waals surface area contributed by atoms with Gasteiger partial charge < -0.3 is 53.4 Å². The number of nitrogens with one attached hydrogen (secondary N) is 1. The monoisotopic (exact) mass is 1180 g/mol. The fourth-order valence-corrected chi connectivity index (χ4v) is 13.5. The van der Waals surface area contributed by atoms with Crippen LogP contribution in [0.25, 0.3) is 0 Å². The van der Waals surface area contributed by atoms with Crippen LogP contribution in [0.3, 0.4) is 0 Å². The number of carbonyl (C=O) groups excluding carboxylic acids is 8. The Morgan fingerprint density at radius 3 is 1.98 bits per heavy atom. The van der Waals surface area contributed by atoms with Crippen molar-refractivity contribution in [3.8, 4) is 0 Å². The van der Waals surface area contributed by atoms with Crippen LogP contribution in [-0.4, -0.2) is 156 Å². The van der Waals surface area contributed by atoms with E-state index in [0.29, 0.717) is 5.75 Å². The molecule has 0 aromatic heterocycles.